The normalized spacial score (nSPS) is 21.4. The summed E-state index contributed by atoms with van der Waals surface area (Å²) in [5, 5.41) is 2.81. The summed E-state index contributed by atoms with van der Waals surface area (Å²) in [5.74, 6) is 1.01. The van der Waals surface area contributed by atoms with Crippen LogP contribution in [0, 0.1) is 6.92 Å². The molecule has 4 heterocycles. The summed E-state index contributed by atoms with van der Waals surface area (Å²) in [6.45, 7) is 7.08. The van der Waals surface area contributed by atoms with Gasteiger partial charge in [0.25, 0.3) is 0 Å². The van der Waals surface area contributed by atoms with Crippen molar-refractivity contribution in [3.8, 4) is 0 Å². The van der Waals surface area contributed by atoms with Crippen molar-refractivity contribution in [3.05, 3.63) is 47.9 Å². The number of carbonyl (C=O) groups is 1. The van der Waals surface area contributed by atoms with E-state index in [-0.39, 0.29) is 11.4 Å². The standard InChI is InChI=1S/C24H32N6O/c1-18-15-26-16-22(27-18)29-11-7-19(8-12-29)28-13-9-24(10-14-28)17-30(23(31)25-2)21-6-4-3-5-20(21)24/h3-6,15-16,19H,7-14,17H2,1-2H3,(H,25,31). The fraction of sp³-hybridized carbons (Fsp3) is 0.542. The second-order valence-corrected chi connectivity index (χ2v) is 9.21. The third-order valence-corrected chi connectivity index (χ3v) is 7.49. The number of para-hydroxylation sites is 1. The first kappa shape index (κ1) is 20.2. The molecule has 2 fully saturated rings. The number of amides is 2. The van der Waals surface area contributed by atoms with Crippen molar-refractivity contribution in [3.63, 3.8) is 0 Å². The van der Waals surface area contributed by atoms with E-state index in [4.69, 9.17) is 0 Å². The predicted molar refractivity (Wildman–Crippen MR) is 123 cm³/mol. The number of benzene rings is 1. The van der Waals surface area contributed by atoms with Crippen molar-refractivity contribution < 1.29 is 4.79 Å². The van der Waals surface area contributed by atoms with E-state index in [0.717, 1.165) is 62.8 Å². The highest BCUT2D eigenvalue weighted by Crippen LogP contribution is 2.47. The van der Waals surface area contributed by atoms with Crippen LogP contribution < -0.4 is 15.1 Å². The molecule has 0 atom stereocenters. The first-order valence-electron chi connectivity index (χ1n) is 11.5. The lowest BCUT2D eigenvalue weighted by Gasteiger charge is -2.45. The molecule has 0 aliphatic carbocycles. The lowest BCUT2D eigenvalue weighted by Crippen LogP contribution is -2.52. The minimum absolute atomic E-state index is 0.00151. The number of carbonyl (C=O) groups excluding carboxylic acids is 1. The zero-order valence-corrected chi connectivity index (χ0v) is 18.5. The molecule has 0 saturated carbocycles. The summed E-state index contributed by atoms with van der Waals surface area (Å²) >= 11 is 0. The quantitative estimate of drug-likeness (QED) is 0.809. The Morgan fingerprint density at radius 1 is 1.10 bits per heavy atom. The monoisotopic (exact) mass is 420 g/mol. The van der Waals surface area contributed by atoms with Gasteiger partial charge < -0.3 is 15.1 Å². The number of urea groups is 1. The van der Waals surface area contributed by atoms with Gasteiger partial charge in [-0.1, -0.05) is 18.2 Å². The molecule has 164 valence electrons. The topological polar surface area (TPSA) is 64.6 Å². The van der Waals surface area contributed by atoms with E-state index in [0.29, 0.717) is 6.04 Å². The van der Waals surface area contributed by atoms with E-state index < -0.39 is 0 Å². The Labute approximate surface area is 184 Å². The molecule has 1 spiro atoms. The number of hydrogen-bond acceptors (Lipinski definition) is 5. The predicted octanol–water partition coefficient (Wildman–Crippen LogP) is 2.95. The number of piperidine rings is 2. The van der Waals surface area contributed by atoms with E-state index in [1.54, 1.807) is 7.05 Å². The van der Waals surface area contributed by atoms with Crippen molar-refractivity contribution in [2.24, 2.45) is 0 Å². The first-order valence-corrected chi connectivity index (χ1v) is 11.5. The Morgan fingerprint density at radius 2 is 1.84 bits per heavy atom. The van der Waals surface area contributed by atoms with Gasteiger partial charge in [-0.05, 0) is 57.3 Å². The molecule has 2 amide bonds. The number of hydrogen-bond donors (Lipinski definition) is 1. The number of anilines is 2. The number of nitrogens with one attached hydrogen (secondary N) is 1. The number of rotatable bonds is 2. The van der Waals surface area contributed by atoms with Crippen LogP contribution in [0.4, 0.5) is 16.3 Å². The summed E-state index contributed by atoms with van der Waals surface area (Å²) in [5.41, 5.74) is 3.51. The lowest BCUT2D eigenvalue weighted by molar-refractivity contribution is 0.105. The van der Waals surface area contributed by atoms with Gasteiger partial charge in [0.05, 0.1) is 11.9 Å². The largest absolute Gasteiger partial charge is 0.355 e. The van der Waals surface area contributed by atoms with Crippen molar-refractivity contribution >= 4 is 17.5 Å². The van der Waals surface area contributed by atoms with Gasteiger partial charge in [0, 0.05) is 50.0 Å². The molecule has 3 aliphatic rings. The molecule has 31 heavy (non-hydrogen) atoms. The van der Waals surface area contributed by atoms with Crippen LogP contribution >= 0.6 is 0 Å². The second-order valence-electron chi connectivity index (χ2n) is 9.21. The minimum atomic E-state index is -0.00151. The second kappa shape index (κ2) is 8.11. The molecule has 5 rings (SSSR count). The number of likely N-dealkylation sites (tertiary alicyclic amines) is 1. The highest BCUT2D eigenvalue weighted by Gasteiger charge is 2.46. The van der Waals surface area contributed by atoms with Gasteiger partial charge in [-0.15, -0.1) is 0 Å². The van der Waals surface area contributed by atoms with Crippen LogP contribution in [0.15, 0.2) is 36.7 Å². The minimum Gasteiger partial charge on any atom is -0.355 e. The SMILES string of the molecule is CNC(=O)N1CC2(CCN(C3CCN(c4cncc(C)n4)CC3)CC2)c2ccccc21. The van der Waals surface area contributed by atoms with Crippen molar-refractivity contribution in [2.75, 3.05) is 49.6 Å². The molecule has 3 aliphatic heterocycles. The Bertz CT molecular complexity index is 947. The fourth-order valence-corrected chi connectivity index (χ4v) is 5.75. The molecule has 1 aromatic heterocycles. The van der Waals surface area contributed by atoms with Gasteiger partial charge >= 0.3 is 6.03 Å². The zero-order valence-electron chi connectivity index (χ0n) is 18.5. The van der Waals surface area contributed by atoms with E-state index in [1.807, 2.05) is 30.3 Å². The van der Waals surface area contributed by atoms with Gasteiger partial charge in [-0.3, -0.25) is 9.88 Å². The number of aromatic nitrogens is 2. The van der Waals surface area contributed by atoms with E-state index >= 15 is 0 Å². The molecule has 1 N–H and O–H groups in total. The van der Waals surface area contributed by atoms with Crippen LogP contribution in [-0.4, -0.2) is 66.7 Å². The number of aryl methyl sites for hydroxylation is 1. The summed E-state index contributed by atoms with van der Waals surface area (Å²) in [6.07, 6.45) is 8.26. The maximum Gasteiger partial charge on any atom is 0.321 e. The molecule has 0 radical (unpaired) electrons. The van der Waals surface area contributed by atoms with Crippen molar-refractivity contribution in [1.29, 1.82) is 0 Å². The summed E-state index contributed by atoms with van der Waals surface area (Å²) in [4.78, 5) is 28.4. The van der Waals surface area contributed by atoms with Crippen LogP contribution in [-0.2, 0) is 5.41 Å². The molecule has 1 aromatic carbocycles. The van der Waals surface area contributed by atoms with E-state index in [1.165, 1.54) is 18.4 Å². The fourth-order valence-electron chi connectivity index (χ4n) is 5.75. The Kier molecular flexibility index (Phi) is 5.30. The molecule has 0 bridgehead atoms. The van der Waals surface area contributed by atoms with Crippen molar-refractivity contribution in [1.82, 2.24) is 20.2 Å². The Balaban J connectivity index is 1.23. The smallest absolute Gasteiger partial charge is 0.321 e. The maximum absolute atomic E-state index is 12.5. The number of nitrogens with zero attached hydrogens (tertiary/aromatic N) is 5. The van der Waals surface area contributed by atoms with Crippen LogP contribution in [0.25, 0.3) is 0 Å². The molecular formula is C24H32N6O. The Hall–Kier alpha value is -2.67. The maximum atomic E-state index is 12.5. The molecule has 7 heteroatoms. The average Bonchev–Trinajstić information content (AvgIpc) is 3.13. The molecule has 2 aromatic rings. The van der Waals surface area contributed by atoms with Crippen LogP contribution in [0.2, 0.25) is 0 Å². The third kappa shape index (κ3) is 3.65. The highest BCUT2D eigenvalue weighted by atomic mass is 16.2. The zero-order chi connectivity index (χ0) is 21.4. The van der Waals surface area contributed by atoms with Crippen LogP contribution in [0.5, 0.6) is 0 Å². The number of fused-ring (bicyclic) bond motifs is 2. The van der Waals surface area contributed by atoms with E-state index in [9.17, 15) is 4.79 Å². The summed E-state index contributed by atoms with van der Waals surface area (Å²) in [7, 11) is 1.72. The third-order valence-electron chi connectivity index (χ3n) is 7.49. The summed E-state index contributed by atoms with van der Waals surface area (Å²) in [6, 6.07) is 9.11. The average molecular weight is 421 g/mol. The molecule has 0 unspecified atom stereocenters. The Morgan fingerprint density at radius 3 is 2.55 bits per heavy atom. The first-order chi connectivity index (χ1) is 15.1. The van der Waals surface area contributed by atoms with Gasteiger partial charge in [0.1, 0.15) is 5.82 Å². The van der Waals surface area contributed by atoms with Crippen LogP contribution in [0.3, 0.4) is 0 Å². The van der Waals surface area contributed by atoms with Gasteiger partial charge in [-0.25, -0.2) is 9.78 Å². The van der Waals surface area contributed by atoms with Gasteiger partial charge in [0.2, 0.25) is 0 Å². The van der Waals surface area contributed by atoms with Crippen molar-refractivity contribution in [2.45, 2.75) is 44.1 Å². The van der Waals surface area contributed by atoms with Crippen LogP contribution in [0.1, 0.15) is 36.9 Å². The highest BCUT2D eigenvalue weighted by molar-refractivity contribution is 5.95. The molecule has 2 saturated heterocycles. The lowest BCUT2D eigenvalue weighted by atomic mass is 9.74. The van der Waals surface area contributed by atoms with E-state index in [2.05, 4.69) is 43.3 Å². The molecular weight excluding hydrogens is 388 g/mol. The van der Waals surface area contributed by atoms with Gasteiger partial charge in [0.15, 0.2) is 0 Å². The van der Waals surface area contributed by atoms with Gasteiger partial charge in [-0.2, -0.15) is 0 Å². The summed E-state index contributed by atoms with van der Waals surface area (Å²) < 4.78 is 0. The molecule has 7 nitrogen and oxygen atoms in total.